The lowest BCUT2D eigenvalue weighted by molar-refractivity contribution is -0.144. The lowest BCUT2D eigenvalue weighted by Gasteiger charge is -2.50. The van der Waals surface area contributed by atoms with Crippen LogP contribution in [0.2, 0.25) is 0 Å². The van der Waals surface area contributed by atoms with Gasteiger partial charge in [0.2, 0.25) is 6.10 Å². The van der Waals surface area contributed by atoms with Crippen LogP contribution in [0.15, 0.2) is 30.6 Å². The Morgan fingerprint density at radius 3 is 2.82 bits per heavy atom. The number of aromatic amines is 1. The van der Waals surface area contributed by atoms with Gasteiger partial charge in [-0.2, -0.15) is 0 Å². The molecule has 7 nitrogen and oxygen atoms in total. The maximum absolute atomic E-state index is 13.1. The number of imidazole rings is 1. The van der Waals surface area contributed by atoms with Gasteiger partial charge in [-0.25, -0.2) is 4.98 Å². The van der Waals surface area contributed by atoms with E-state index in [1.165, 1.54) is 11.4 Å². The second-order valence-electron chi connectivity index (χ2n) is 7.78. The molecular formula is C21H26N4O3. The fourth-order valence-corrected chi connectivity index (χ4v) is 4.98. The molecule has 0 unspecified atom stereocenters. The molecule has 1 aromatic heterocycles. The van der Waals surface area contributed by atoms with Crippen LogP contribution in [0.3, 0.4) is 0 Å². The van der Waals surface area contributed by atoms with Gasteiger partial charge < -0.3 is 19.4 Å². The number of amides is 1. The number of carbonyl (C=O) groups excluding carboxylic acids is 1. The number of benzene rings is 1. The van der Waals surface area contributed by atoms with Gasteiger partial charge in [-0.05, 0) is 31.5 Å². The van der Waals surface area contributed by atoms with Crippen molar-refractivity contribution in [2.45, 2.75) is 37.8 Å². The van der Waals surface area contributed by atoms with Crippen molar-refractivity contribution in [2.75, 3.05) is 32.8 Å². The normalized spacial score (nSPS) is 23.5. The average molecular weight is 382 g/mol. The molecule has 148 valence electrons. The standard InChI is InChI=1S/C21H26N4O3/c1-2-25-10-7-15-19(23-14-22-15)21(25)8-11-24(12-9-21)20(26)18-13-27-16-5-3-4-6-17(16)28-18/h3-6,14,18H,2,7-13H2,1H3,(H,22,23)/t18-/m0/s1. The molecule has 1 saturated heterocycles. The van der Waals surface area contributed by atoms with Gasteiger partial charge in [-0.15, -0.1) is 0 Å². The van der Waals surface area contributed by atoms with E-state index in [0.717, 1.165) is 32.4 Å². The van der Waals surface area contributed by atoms with Crippen LogP contribution >= 0.6 is 0 Å². The molecule has 7 heteroatoms. The molecule has 4 heterocycles. The van der Waals surface area contributed by atoms with Crippen LogP contribution in [-0.2, 0) is 16.8 Å². The third kappa shape index (κ3) is 2.68. The van der Waals surface area contributed by atoms with E-state index in [9.17, 15) is 4.79 Å². The summed E-state index contributed by atoms with van der Waals surface area (Å²) in [5.41, 5.74) is 2.37. The first-order valence-corrected chi connectivity index (χ1v) is 10.2. The number of para-hydroxylation sites is 2. The summed E-state index contributed by atoms with van der Waals surface area (Å²) in [6.45, 7) is 5.93. The molecule has 28 heavy (non-hydrogen) atoms. The molecule has 2 aromatic rings. The molecule has 5 rings (SSSR count). The van der Waals surface area contributed by atoms with Crippen molar-refractivity contribution in [2.24, 2.45) is 0 Å². The predicted molar refractivity (Wildman–Crippen MR) is 103 cm³/mol. The van der Waals surface area contributed by atoms with Gasteiger partial charge in [0.1, 0.15) is 6.61 Å². The number of carbonyl (C=O) groups is 1. The number of H-pyrrole nitrogens is 1. The summed E-state index contributed by atoms with van der Waals surface area (Å²) in [5.74, 6) is 1.37. The first-order valence-electron chi connectivity index (χ1n) is 10.2. The smallest absolute Gasteiger partial charge is 0.267 e. The molecule has 1 amide bonds. The van der Waals surface area contributed by atoms with Crippen LogP contribution < -0.4 is 9.47 Å². The second kappa shape index (κ2) is 6.81. The number of ether oxygens (including phenoxy) is 2. The summed E-state index contributed by atoms with van der Waals surface area (Å²) < 4.78 is 11.7. The third-order valence-corrected chi connectivity index (χ3v) is 6.46. The van der Waals surface area contributed by atoms with Crippen LogP contribution in [0, 0.1) is 0 Å². The zero-order valence-electron chi connectivity index (χ0n) is 16.2. The Labute approximate surface area is 164 Å². The van der Waals surface area contributed by atoms with Crippen molar-refractivity contribution in [3.63, 3.8) is 0 Å². The number of aromatic nitrogens is 2. The van der Waals surface area contributed by atoms with Gasteiger partial charge in [-0.3, -0.25) is 9.69 Å². The Morgan fingerprint density at radius 2 is 2.04 bits per heavy atom. The number of likely N-dealkylation sites (tertiary alicyclic amines) is 1. The van der Waals surface area contributed by atoms with Crippen LogP contribution in [-0.4, -0.2) is 64.6 Å². The van der Waals surface area contributed by atoms with E-state index in [0.29, 0.717) is 24.6 Å². The average Bonchev–Trinajstić information content (AvgIpc) is 3.24. The van der Waals surface area contributed by atoms with Crippen molar-refractivity contribution >= 4 is 5.91 Å². The summed E-state index contributed by atoms with van der Waals surface area (Å²) in [4.78, 5) is 25.5. The Hall–Kier alpha value is -2.54. The highest BCUT2D eigenvalue weighted by Gasteiger charge is 2.47. The predicted octanol–water partition coefficient (Wildman–Crippen LogP) is 1.95. The Balaban J connectivity index is 1.31. The fourth-order valence-electron chi connectivity index (χ4n) is 4.98. The number of rotatable bonds is 2. The first kappa shape index (κ1) is 17.6. The van der Waals surface area contributed by atoms with Crippen LogP contribution in [0.4, 0.5) is 0 Å². The van der Waals surface area contributed by atoms with E-state index in [1.54, 1.807) is 0 Å². The van der Waals surface area contributed by atoms with E-state index >= 15 is 0 Å². The molecule has 1 atom stereocenters. The molecule has 0 radical (unpaired) electrons. The first-order chi connectivity index (χ1) is 13.7. The second-order valence-corrected chi connectivity index (χ2v) is 7.78. The summed E-state index contributed by atoms with van der Waals surface area (Å²) in [6.07, 6.45) is 4.05. The van der Waals surface area contributed by atoms with Crippen LogP contribution in [0.1, 0.15) is 31.2 Å². The summed E-state index contributed by atoms with van der Waals surface area (Å²) >= 11 is 0. The lowest BCUT2D eigenvalue weighted by atomic mass is 9.78. The van der Waals surface area contributed by atoms with Gasteiger partial charge in [0, 0.05) is 31.7 Å². The maximum atomic E-state index is 13.1. The molecule has 1 spiro atoms. The van der Waals surface area contributed by atoms with Crippen molar-refractivity contribution in [1.29, 1.82) is 0 Å². The monoisotopic (exact) mass is 382 g/mol. The molecule has 3 aliphatic heterocycles. The minimum Gasteiger partial charge on any atom is -0.485 e. The summed E-state index contributed by atoms with van der Waals surface area (Å²) in [7, 11) is 0. The molecule has 1 N–H and O–H groups in total. The molecule has 1 aromatic carbocycles. The van der Waals surface area contributed by atoms with E-state index in [-0.39, 0.29) is 18.1 Å². The number of nitrogens with zero attached hydrogens (tertiary/aromatic N) is 3. The number of fused-ring (bicyclic) bond motifs is 3. The van der Waals surface area contributed by atoms with E-state index in [2.05, 4.69) is 21.8 Å². The van der Waals surface area contributed by atoms with Gasteiger partial charge in [0.25, 0.3) is 5.91 Å². The van der Waals surface area contributed by atoms with Crippen molar-refractivity contribution in [3.8, 4) is 11.5 Å². The summed E-state index contributed by atoms with van der Waals surface area (Å²) in [6, 6.07) is 7.51. The van der Waals surface area contributed by atoms with Gasteiger partial charge >= 0.3 is 0 Å². The zero-order chi connectivity index (χ0) is 19.1. The van der Waals surface area contributed by atoms with Crippen LogP contribution in [0.5, 0.6) is 11.5 Å². The van der Waals surface area contributed by atoms with Crippen molar-refractivity contribution in [3.05, 3.63) is 42.0 Å². The van der Waals surface area contributed by atoms with Gasteiger partial charge in [0.15, 0.2) is 11.5 Å². The highest BCUT2D eigenvalue weighted by molar-refractivity contribution is 5.82. The lowest BCUT2D eigenvalue weighted by Crippen LogP contribution is -2.58. The molecular weight excluding hydrogens is 356 g/mol. The number of likely N-dealkylation sites (N-methyl/N-ethyl adjacent to an activating group) is 1. The van der Waals surface area contributed by atoms with Gasteiger partial charge in [-0.1, -0.05) is 19.1 Å². The largest absolute Gasteiger partial charge is 0.485 e. The number of hydrogen-bond acceptors (Lipinski definition) is 5. The highest BCUT2D eigenvalue weighted by Crippen LogP contribution is 2.42. The number of hydrogen-bond donors (Lipinski definition) is 1. The van der Waals surface area contributed by atoms with Crippen LogP contribution in [0.25, 0.3) is 0 Å². The molecule has 1 fully saturated rings. The molecule has 3 aliphatic rings. The Bertz CT molecular complexity index is 872. The topological polar surface area (TPSA) is 70.7 Å². The minimum atomic E-state index is -0.571. The third-order valence-electron chi connectivity index (χ3n) is 6.46. The Kier molecular flexibility index (Phi) is 4.27. The van der Waals surface area contributed by atoms with Crippen molar-refractivity contribution in [1.82, 2.24) is 19.8 Å². The van der Waals surface area contributed by atoms with E-state index < -0.39 is 6.10 Å². The summed E-state index contributed by atoms with van der Waals surface area (Å²) in [5, 5.41) is 0. The van der Waals surface area contributed by atoms with E-state index in [4.69, 9.17) is 9.47 Å². The maximum Gasteiger partial charge on any atom is 0.267 e. The number of piperidine rings is 1. The zero-order valence-corrected chi connectivity index (χ0v) is 16.2. The SMILES string of the molecule is CCN1CCc2[nH]cnc2C12CCN(C(=O)[C@@H]1COc3ccccc3O1)CC2. The highest BCUT2D eigenvalue weighted by atomic mass is 16.6. The van der Waals surface area contributed by atoms with Gasteiger partial charge in [0.05, 0.1) is 17.6 Å². The molecule has 0 bridgehead atoms. The fraction of sp³-hybridized carbons (Fsp3) is 0.524. The number of nitrogens with one attached hydrogen (secondary N) is 1. The molecule has 0 saturated carbocycles. The van der Waals surface area contributed by atoms with E-state index in [1.807, 2.05) is 35.5 Å². The van der Waals surface area contributed by atoms with Crippen molar-refractivity contribution < 1.29 is 14.3 Å². The molecule has 0 aliphatic carbocycles. The minimum absolute atomic E-state index is 0.0189. The Morgan fingerprint density at radius 1 is 1.25 bits per heavy atom. The quantitative estimate of drug-likeness (QED) is 0.860.